The minimum Gasteiger partial charge on any atom is -0.314 e. The van der Waals surface area contributed by atoms with Gasteiger partial charge in [0.1, 0.15) is 0 Å². The van der Waals surface area contributed by atoms with E-state index >= 15 is 0 Å². The van der Waals surface area contributed by atoms with Gasteiger partial charge in [-0.05, 0) is 62.7 Å². The van der Waals surface area contributed by atoms with Crippen LogP contribution in [0.3, 0.4) is 0 Å². The molecule has 0 amide bonds. The van der Waals surface area contributed by atoms with E-state index in [2.05, 4.69) is 57.1 Å². The van der Waals surface area contributed by atoms with Gasteiger partial charge >= 0.3 is 0 Å². The van der Waals surface area contributed by atoms with Crippen LogP contribution < -0.4 is 5.32 Å². The number of rotatable bonds is 4. The van der Waals surface area contributed by atoms with Crippen molar-refractivity contribution in [2.75, 3.05) is 6.54 Å². The van der Waals surface area contributed by atoms with E-state index < -0.39 is 0 Å². The Labute approximate surface area is 112 Å². The van der Waals surface area contributed by atoms with Gasteiger partial charge in [-0.25, -0.2) is 0 Å². The lowest BCUT2D eigenvalue weighted by atomic mass is 10.2. The van der Waals surface area contributed by atoms with Crippen LogP contribution in [0.15, 0.2) is 14.3 Å². The van der Waals surface area contributed by atoms with Crippen LogP contribution in [0, 0.1) is 5.92 Å². The third-order valence-electron chi connectivity index (χ3n) is 2.74. The molecule has 1 aromatic rings. The Morgan fingerprint density at radius 2 is 2.27 bits per heavy atom. The molecule has 1 aliphatic carbocycles. The maximum absolute atomic E-state index is 3.55. The topological polar surface area (TPSA) is 12.0 Å². The lowest BCUT2D eigenvalue weighted by molar-refractivity contribution is 0.555. The summed E-state index contributed by atoms with van der Waals surface area (Å²) in [5, 5.41) is 3.51. The van der Waals surface area contributed by atoms with Crippen molar-refractivity contribution in [3.05, 3.63) is 19.2 Å². The van der Waals surface area contributed by atoms with E-state index in [0.29, 0.717) is 6.04 Å². The Balaban J connectivity index is 1.88. The lowest BCUT2D eigenvalue weighted by Crippen LogP contribution is -2.25. The predicted octanol–water partition coefficient (Wildman–Crippen LogP) is 4.37. The highest BCUT2D eigenvalue weighted by Gasteiger charge is 2.39. The minimum absolute atomic E-state index is 0.605. The van der Waals surface area contributed by atoms with Crippen LogP contribution in [-0.2, 0) is 0 Å². The van der Waals surface area contributed by atoms with Crippen LogP contribution in [0.5, 0.6) is 0 Å². The van der Waals surface area contributed by atoms with E-state index in [1.807, 2.05) is 11.3 Å². The summed E-state index contributed by atoms with van der Waals surface area (Å²) in [5.74, 6) is 1.65. The molecule has 0 radical (unpaired) electrons. The van der Waals surface area contributed by atoms with Crippen molar-refractivity contribution in [3.63, 3.8) is 0 Å². The van der Waals surface area contributed by atoms with Gasteiger partial charge in [0.15, 0.2) is 0 Å². The Morgan fingerprint density at radius 1 is 1.53 bits per heavy atom. The summed E-state index contributed by atoms with van der Waals surface area (Å²) in [4.78, 5) is 1.52. The van der Waals surface area contributed by atoms with Gasteiger partial charge in [-0.15, -0.1) is 11.3 Å². The van der Waals surface area contributed by atoms with Gasteiger partial charge in [0.2, 0.25) is 0 Å². The summed E-state index contributed by atoms with van der Waals surface area (Å²) in [6.07, 6.45) is 1.35. The van der Waals surface area contributed by atoms with E-state index in [9.17, 15) is 0 Å². The first-order valence-electron chi connectivity index (χ1n) is 5.26. The molecule has 15 heavy (non-hydrogen) atoms. The van der Waals surface area contributed by atoms with Crippen LogP contribution in [-0.4, -0.2) is 12.6 Å². The Hall–Kier alpha value is 0.620. The van der Waals surface area contributed by atoms with Crippen LogP contribution in [0.1, 0.15) is 31.1 Å². The molecule has 0 spiro atoms. The molecular formula is C11H15Br2NS. The van der Waals surface area contributed by atoms with Gasteiger partial charge in [-0.1, -0.05) is 13.8 Å². The second kappa shape index (κ2) is 4.86. The van der Waals surface area contributed by atoms with E-state index in [-0.39, 0.29) is 0 Å². The van der Waals surface area contributed by atoms with Crippen molar-refractivity contribution in [3.8, 4) is 0 Å². The van der Waals surface area contributed by atoms with Gasteiger partial charge in [-0.2, -0.15) is 0 Å². The smallest absolute Gasteiger partial charge is 0.0843 e. The Morgan fingerprint density at radius 3 is 2.80 bits per heavy atom. The molecule has 1 nitrogen and oxygen atoms in total. The summed E-state index contributed by atoms with van der Waals surface area (Å²) >= 11 is 8.96. The molecule has 1 N–H and O–H groups in total. The van der Waals surface area contributed by atoms with Gasteiger partial charge in [-0.3, -0.25) is 0 Å². The maximum atomic E-state index is 3.55. The van der Waals surface area contributed by atoms with Crippen LogP contribution in [0.2, 0.25) is 0 Å². The minimum atomic E-state index is 0.605. The molecule has 84 valence electrons. The highest BCUT2D eigenvalue weighted by Crippen LogP contribution is 2.51. The monoisotopic (exact) mass is 351 g/mol. The summed E-state index contributed by atoms with van der Waals surface area (Å²) in [7, 11) is 0. The van der Waals surface area contributed by atoms with E-state index in [4.69, 9.17) is 0 Å². The molecule has 1 fully saturated rings. The van der Waals surface area contributed by atoms with Crippen molar-refractivity contribution in [2.45, 2.75) is 32.2 Å². The molecule has 2 unspecified atom stereocenters. The molecule has 2 atom stereocenters. The average Bonchev–Trinajstić information content (AvgIpc) is 2.85. The summed E-state index contributed by atoms with van der Waals surface area (Å²) in [6, 6.07) is 2.86. The Bertz CT molecular complexity index is 329. The summed E-state index contributed by atoms with van der Waals surface area (Å²) in [6.45, 7) is 5.57. The highest BCUT2D eigenvalue weighted by atomic mass is 79.9. The summed E-state index contributed by atoms with van der Waals surface area (Å²) < 4.78 is 2.42. The largest absolute Gasteiger partial charge is 0.314 e. The lowest BCUT2D eigenvalue weighted by Gasteiger charge is -2.06. The zero-order chi connectivity index (χ0) is 11.0. The average molecular weight is 353 g/mol. The maximum Gasteiger partial charge on any atom is 0.0843 e. The van der Waals surface area contributed by atoms with Crippen LogP contribution in [0.25, 0.3) is 0 Å². The number of hydrogen-bond acceptors (Lipinski definition) is 2. The van der Waals surface area contributed by atoms with Crippen LogP contribution in [0.4, 0.5) is 0 Å². The number of halogens is 2. The number of hydrogen-bond donors (Lipinski definition) is 1. The fraction of sp³-hybridized carbons (Fsp3) is 0.636. The highest BCUT2D eigenvalue weighted by molar-refractivity contribution is 9.13. The zero-order valence-electron chi connectivity index (χ0n) is 8.89. The van der Waals surface area contributed by atoms with Crippen molar-refractivity contribution >= 4 is 43.2 Å². The zero-order valence-corrected chi connectivity index (χ0v) is 12.9. The second-order valence-corrected chi connectivity index (χ2v) is 7.69. The van der Waals surface area contributed by atoms with Crippen LogP contribution >= 0.6 is 43.2 Å². The van der Waals surface area contributed by atoms with E-state index in [0.717, 1.165) is 18.4 Å². The van der Waals surface area contributed by atoms with E-state index in [1.54, 1.807) is 0 Å². The molecule has 0 aromatic carbocycles. The molecule has 2 rings (SSSR count). The summed E-state index contributed by atoms with van der Waals surface area (Å²) in [5.41, 5.74) is 0. The molecule has 0 aliphatic heterocycles. The molecule has 0 bridgehead atoms. The molecule has 1 heterocycles. The second-order valence-electron chi connectivity index (χ2n) is 4.44. The van der Waals surface area contributed by atoms with Crippen molar-refractivity contribution < 1.29 is 0 Å². The first-order valence-corrected chi connectivity index (χ1v) is 7.66. The molecule has 4 heteroatoms. The molecule has 1 saturated carbocycles. The van der Waals surface area contributed by atoms with Gasteiger partial charge in [0, 0.05) is 15.4 Å². The predicted molar refractivity (Wildman–Crippen MR) is 73.7 cm³/mol. The van der Waals surface area contributed by atoms with Gasteiger partial charge in [0.05, 0.1) is 3.79 Å². The first kappa shape index (κ1) is 12.1. The fourth-order valence-corrected chi connectivity index (χ4v) is 4.05. The first-order chi connectivity index (χ1) is 7.08. The molecule has 1 aromatic heterocycles. The third-order valence-corrected chi connectivity index (χ3v) is 6.13. The normalized spacial score (nSPS) is 24.9. The molecular weight excluding hydrogens is 338 g/mol. The molecule has 1 aliphatic rings. The number of nitrogens with one attached hydrogen (secondary N) is 1. The Kier molecular flexibility index (Phi) is 3.92. The van der Waals surface area contributed by atoms with Crippen molar-refractivity contribution in [1.29, 1.82) is 0 Å². The van der Waals surface area contributed by atoms with Crippen molar-refractivity contribution in [1.82, 2.24) is 5.32 Å². The third kappa shape index (κ3) is 3.05. The standard InChI is InChI=1S/C11H15Br2NS/c1-6(2)14-5-7-3-8(7)10-4-9(12)11(13)15-10/h4,6-8,14H,3,5H2,1-2H3. The van der Waals surface area contributed by atoms with E-state index in [1.165, 1.54) is 19.6 Å². The van der Waals surface area contributed by atoms with Crippen molar-refractivity contribution in [2.24, 2.45) is 5.92 Å². The van der Waals surface area contributed by atoms with Gasteiger partial charge < -0.3 is 5.32 Å². The number of thiophene rings is 1. The SMILES string of the molecule is CC(C)NCC1CC1c1cc(Br)c(Br)s1. The quantitative estimate of drug-likeness (QED) is 0.848. The fourth-order valence-electron chi connectivity index (χ4n) is 1.75. The van der Waals surface area contributed by atoms with Gasteiger partial charge in [0.25, 0.3) is 0 Å². The molecule has 0 saturated heterocycles.